The first-order valence-electron chi connectivity index (χ1n) is 8.96. The third kappa shape index (κ3) is 8.51. The minimum atomic E-state index is -4.39. The molecule has 0 bridgehead atoms. The number of aromatic nitrogens is 1. The van der Waals surface area contributed by atoms with Crippen LogP contribution in [0.1, 0.15) is 37.4 Å². The van der Waals surface area contributed by atoms with E-state index in [0.717, 1.165) is 61.2 Å². The van der Waals surface area contributed by atoms with Crippen molar-refractivity contribution in [1.82, 2.24) is 20.5 Å². The summed E-state index contributed by atoms with van der Waals surface area (Å²) in [6.45, 7) is 8.95. The quantitative estimate of drug-likeness (QED) is 0.260. The summed E-state index contributed by atoms with van der Waals surface area (Å²) in [5.41, 5.74) is -0.841. The second-order valence-corrected chi connectivity index (χ2v) is 7.98. The van der Waals surface area contributed by atoms with Crippen LogP contribution in [-0.2, 0) is 12.7 Å². The molecule has 1 fully saturated rings. The zero-order chi connectivity index (χ0) is 19.2. The van der Waals surface area contributed by atoms with Gasteiger partial charge in [0.25, 0.3) is 0 Å². The van der Waals surface area contributed by atoms with Crippen molar-refractivity contribution in [3.8, 4) is 0 Å². The largest absolute Gasteiger partial charge is 0.434 e. The predicted molar refractivity (Wildman–Crippen MR) is 115 cm³/mol. The Morgan fingerprint density at radius 3 is 2.52 bits per heavy atom. The molecular formula is C17H29F3IN5S. The zero-order valence-corrected chi connectivity index (χ0v) is 19.1. The maximum atomic E-state index is 12.6. The van der Waals surface area contributed by atoms with Gasteiger partial charge in [0, 0.05) is 32.1 Å². The molecule has 10 heteroatoms. The van der Waals surface area contributed by atoms with E-state index in [1.807, 2.05) is 0 Å². The van der Waals surface area contributed by atoms with Gasteiger partial charge in [0.15, 0.2) is 11.7 Å². The molecule has 0 amide bonds. The Bertz CT molecular complexity index is 583. The SMILES string of the molecule is CN=C(NCCCN1CC(C)CC(C)C1)NCc1nc(C(F)(F)F)cs1.I. The van der Waals surface area contributed by atoms with Crippen molar-refractivity contribution in [3.63, 3.8) is 0 Å². The van der Waals surface area contributed by atoms with Gasteiger partial charge >= 0.3 is 6.18 Å². The number of rotatable bonds is 6. The number of guanidine groups is 1. The Labute approximate surface area is 180 Å². The standard InChI is InChI=1S/C17H28F3N5S.HI/c1-12-7-13(2)10-25(9-12)6-4-5-22-16(21-3)23-8-15-24-14(11-26-15)17(18,19)20;/h11-13H,4-10H2,1-3H3,(H2,21,22,23);1H. The summed E-state index contributed by atoms with van der Waals surface area (Å²) in [5, 5.41) is 7.64. The van der Waals surface area contributed by atoms with Crippen molar-refractivity contribution in [1.29, 1.82) is 0 Å². The van der Waals surface area contributed by atoms with Crippen LogP contribution in [0.5, 0.6) is 0 Å². The summed E-state index contributed by atoms with van der Waals surface area (Å²) in [6.07, 6.45) is -2.09. The molecule has 27 heavy (non-hydrogen) atoms. The molecule has 0 spiro atoms. The molecule has 2 atom stereocenters. The fraction of sp³-hybridized carbons (Fsp3) is 0.765. The Morgan fingerprint density at radius 1 is 1.30 bits per heavy atom. The van der Waals surface area contributed by atoms with Crippen LogP contribution in [-0.4, -0.2) is 49.1 Å². The lowest BCUT2D eigenvalue weighted by molar-refractivity contribution is -0.140. The van der Waals surface area contributed by atoms with Crippen LogP contribution in [0.3, 0.4) is 0 Å². The van der Waals surface area contributed by atoms with Gasteiger partial charge in [0.2, 0.25) is 0 Å². The third-order valence-corrected chi connectivity index (χ3v) is 5.21. The van der Waals surface area contributed by atoms with Crippen LogP contribution in [0.4, 0.5) is 13.2 Å². The second-order valence-electron chi connectivity index (χ2n) is 7.04. The van der Waals surface area contributed by atoms with Crippen LogP contribution in [0.15, 0.2) is 10.4 Å². The number of likely N-dealkylation sites (tertiary alicyclic amines) is 1. The van der Waals surface area contributed by atoms with E-state index in [4.69, 9.17) is 0 Å². The highest BCUT2D eigenvalue weighted by Gasteiger charge is 2.33. The first-order chi connectivity index (χ1) is 12.3. The molecule has 1 saturated heterocycles. The van der Waals surface area contributed by atoms with Crippen molar-refractivity contribution < 1.29 is 13.2 Å². The highest BCUT2D eigenvalue weighted by atomic mass is 127. The number of thiazole rings is 1. The Morgan fingerprint density at radius 2 is 1.96 bits per heavy atom. The number of halogens is 4. The van der Waals surface area contributed by atoms with Crippen molar-refractivity contribution >= 4 is 41.3 Å². The number of piperidine rings is 1. The van der Waals surface area contributed by atoms with Gasteiger partial charge in [-0.1, -0.05) is 13.8 Å². The van der Waals surface area contributed by atoms with Crippen LogP contribution in [0, 0.1) is 11.8 Å². The van der Waals surface area contributed by atoms with Gasteiger partial charge in [-0.3, -0.25) is 4.99 Å². The van der Waals surface area contributed by atoms with Crippen LogP contribution >= 0.6 is 35.3 Å². The first-order valence-corrected chi connectivity index (χ1v) is 9.84. The molecule has 1 aliphatic heterocycles. The Hall–Kier alpha value is -0.620. The summed E-state index contributed by atoms with van der Waals surface area (Å²) >= 11 is 0.993. The monoisotopic (exact) mass is 519 g/mol. The lowest BCUT2D eigenvalue weighted by atomic mass is 9.92. The molecular weight excluding hydrogens is 490 g/mol. The van der Waals surface area contributed by atoms with E-state index in [-0.39, 0.29) is 30.5 Å². The molecule has 0 radical (unpaired) electrons. The van der Waals surface area contributed by atoms with E-state index in [9.17, 15) is 13.2 Å². The van der Waals surface area contributed by atoms with Crippen molar-refractivity contribution in [2.45, 2.75) is 39.4 Å². The maximum absolute atomic E-state index is 12.6. The van der Waals surface area contributed by atoms with Gasteiger partial charge in [-0.15, -0.1) is 35.3 Å². The summed E-state index contributed by atoms with van der Waals surface area (Å²) in [5.74, 6) is 2.08. The van der Waals surface area contributed by atoms with E-state index >= 15 is 0 Å². The molecule has 156 valence electrons. The molecule has 1 aromatic rings. The van der Waals surface area contributed by atoms with E-state index in [1.54, 1.807) is 7.05 Å². The number of hydrogen-bond donors (Lipinski definition) is 2. The van der Waals surface area contributed by atoms with E-state index in [1.165, 1.54) is 6.42 Å². The highest BCUT2D eigenvalue weighted by molar-refractivity contribution is 14.0. The molecule has 2 rings (SSSR count). The molecule has 1 aromatic heterocycles. The van der Waals surface area contributed by atoms with Gasteiger partial charge in [-0.25, -0.2) is 4.98 Å². The molecule has 0 aromatic carbocycles. The molecule has 0 saturated carbocycles. The number of nitrogens with zero attached hydrogens (tertiary/aromatic N) is 3. The smallest absolute Gasteiger partial charge is 0.356 e. The number of nitrogens with one attached hydrogen (secondary N) is 2. The maximum Gasteiger partial charge on any atom is 0.434 e. The molecule has 0 aliphatic carbocycles. The normalized spacial score (nSPS) is 21.6. The lowest BCUT2D eigenvalue weighted by Crippen LogP contribution is -2.41. The Kier molecular flexibility index (Phi) is 10.3. The summed E-state index contributed by atoms with van der Waals surface area (Å²) in [4.78, 5) is 10.2. The molecule has 2 N–H and O–H groups in total. The van der Waals surface area contributed by atoms with Gasteiger partial charge in [-0.05, 0) is 31.2 Å². The second kappa shape index (κ2) is 11.4. The summed E-state index contributed by atoms with van der Waals surface area (Å²) in [7, 11) is 1.65. The molecule has 1 aliphatic rings. The van der Waals surface area contributed by atoms with Crippen LogP contribution in [0.25, 0.3) is 0 Å². The van der Waals surface area contributed by atoms with E-state index in [0.29, 0.717) is 11.0 Å². The van der Waals surface area contributed by atoms with Crippen LogP contribution < -0.4 is 10.6 Å². The summed E-state index contributed by atoms with van der Waals surface area (Å²) < 4.78 is 37.7. The minimum Gasteiger partial charge on any atom is -0.356 e. The van der Waals surface area contributed by atoms with Crippen molar-refractivity contribution in [3.05, 3.63) is 16.1 Å². The fourth-order valence-electron chi connectivity index (χ4n) is 3.39. The highest BCUT2D eigenvalue weighted by Crippen LogP contribution is 2.29. The fourth-order valence-corrected chi connectivity index (χ4v) is 4.13. The van der Waals surface area contributed by atoms with Crippen LogP contribution in [0.2, 0.25) is 0 Å². The lowest BCUT2D eigenvalue weighted by Gasteiger charge is -2.35. The zero-order valence-electron chi connectivity index (χ0n) is 16.0. The van der Waals surface area contributed by atoms with Gasteiger partial charge in [0.05, 0.1) is 6.54 Å². The summed E-state index contributed by atoms with van der Waals surface area (Å²) in [6, 6.07) is 0. The number of hydrogen-bond acceptors (Lipinski definition) is 4. The minimum absolute atomic E-state index is 0. The van der Waals surface area contributed by atoms with Gasteiger partial charge in [0.1, 0.15) is 5.01 Å². The molecule has 2 unspecified atom stereocenters. The van der Waals surface area contributed by atoms with E-state index in [2.05, 4.69) is 39.4 Å². The Balaban J connectivity index is 0.00000364. The first kappa shape index (κ1) is 24.4. The van der Waals surface area contributed by atoms with Crippen molar-refractivity contribution in [2.75, 3.05) is 33.2 Å². The molecule has 2 heterocycles. The van der Waals surface area contributed by atoms with E-state index < -0.39 is 11.9 Å². The van der Waals surface area contributed by atoms with Crippen molar-refractivity contribution in [2.24, 2.45) is 16.8 Å². The third-order valence-electron chi connectivity index (χ3n) is 4.36. The van der Waals surface area contributed by atoms with Gasteiger partial charge in [-0.2, -0.15) is 13.2 Å². The average molecular weight is 519 g/mol. The van der Waals surface area contributed by atoms with Gasteiger partial charge < -0.3 is 15.5 Å². The molecule has 5 nitrogen and oxygen atoms in total. The topological polar surface area (TPSA) is 52.6 Å². The predicted octanol–water partition coefficient (Wildman–Crippen LogP) is 3.81. The average Bonchev–Trinajstić information content (AvgIpc) is 3.02. The number of aliphatic imine (C=N–C) groups is 1. The number of alkyl halides is 3.